The van der Waals surface area contributed by atoms with E-state index < -0.39 is 6.29 Å². The van der Waals surface area contributed by atoms with Gasteiger partial charge in [0.1, 0.15) is 11.5 Å². The summed E-state index contributed by atoms with van der Waals surface area (Å²) in [4.78, 5) is 17.5. The molecular weight excluding hydrogens is 246 g/mol. The van der Waals surface area contributed by atoms with Gasteiger partial charge in [0.15, 0.2) is 0 Å². The van der Waals surface area contributed by atoms with E-state index >= 15 is 0 Å². The lowest BCUT2D eigenvalue weighted by Crippen LogP contribution is -2.24. The average Bonchev–Trinajstić information content (AvgIpc) is 2.92. The fourth-order valence-electron chi connectivity index (χ4n) is 1.86. The summed E-state index contributed by atoms with van der Waals surface area (Å²) < 4.78 is 11.0. The molecule has 1 amide bonds. The van der Waals surface area contributed by atoms with Gasteiger partial charge in [-0.05, 0) is 11.6 Å². The van der Waals surface area contributed by atoms with Gasteiger partial charge in [-0.1, -0.05) is 6.07 Å². The number of nitrogens with one attached hydrogen (secondary N) is 1. The van der Waals surface area contributed by atoms with Crippen LogP contribution >= 0.6 is 0 Å². The molecule has 0 bridgehead atoms. The van der Waals surface area contributed by atoms with Crippen LogP contribution < -0.4 is 5.32 Å². The summed E-state index contributed by atoms with van der Waals surface area (Å²) in [7, 11) is 3.57. The molecule has 1 aliphatic heterocycles. The van der Waals surface area contributed by atoms with E-state index in [1.54, 1.807) is 11.9 Å². The zero-order valence-electron chi connectivity index (χ0n) is 11.5. The third-order valence-electron chi connectivity index (χ3n) is 3.06. The van der Waals surface area contributed by atoms with E-state index in [1.165, 1.54) is 6.92 Å². The van der Waals surface area contributed by atoms with Crippen molar-refractivity contribution in [2.45, 2.75) is 19.8 Å². The Morgan fingerprint density at radius 1 is 1.47 bits per heavy atom. The molecule has 1 aromatic heterocycles. The van der Waals surface area contributed by atoms with Crippen LogP contribution in [0.3, 0.4) is 0 Å². The topological polar surface area (TPSA) is 63.7 Å². The van der Waals surface area contributed by atoms with Gasteiger partial charge in [0.25, 0.3) is 0 Å². The van der Waals surface area contributed by atoms with Crippen molar-refractivity contribution < 1.29 is 14.3 Å². The lowest BCUT2D eigenvalue weighted by molar-refractivity contribution is -0.128. The van der Waals surface area contributed by atoms with Crippen molar-refractivity contribution in [3.05, 3.63) is 23.4 Å². The number of hydrogen-bond donors (Lipinski definition) is 1. The fraction of sp³-hybridized carbons (Fsp3) is 0.538. The minimum absolute atomic E-state index is 0.0110. The summed E-state index contributed by atoms with van der Waals surface area (Å²) in [5, 5.41) is 2.99. The van der Waals surface area contributed by atoms with Crippen LogP contribution in [0.25, 0.3) is 0 Å². The zero-order chi connectivity index (χ0) is 13.8. The van der Waals surface area contributed by atoms with Gasteiger partial charge in [0.2, 0.25) is 12.2 Å². The number of carbonyl (C=O) groups is 1. The molecule has 0 atom stereocenters. The molecule has 1 N–H and O–H groups in total. The maximum Gasteiger partial charge on any atom is 0.219 e. The van der Waals surface area contributed by atoms with E-state index in [-0.39, 0.29) is 5.91 Å². The molecule has 1 saturated heterocycles. The maximum atomic E-state index is 11.3. The van der Waals surface area contributed by atoms with Crippen molar-refractivity contribution in [3.8, 4) is 0 Å². The highest BCUT2D eigenvalue weighted by Crippen LogP contribution is 2.26. The molecule has 0 aromatic carbocycles. The quantitative estimate of drug-likeness (QED) is 0.884. The highest BCUT2D eigenvalue weighted by Gasteiger charge is 2.24. The Hall–Kier alpha value is -1.66. The monoisotopic (exact) mass is 265 g/mol. The van der Waals surface area contributed by atoms with Crippen molar-refractivity contribution in [2.24, 2.45) is 0 Å². The SMILES string of the molecule is CNc1ccc(CN(C)C(C)=O)c(C2OCCO2)n1. The van der Waals surface area contributed by atoms with Crippen LogP contribution in [0.2, 0.25) is 0 Å². The van der Waals surface area contributed by atoms with Crippen LogP contribution in [0.1, 0.15) is 24.5 Å². The van der Waals surface area contributed by atoms with Gasteiger partial charge in [0, 0.05) is 27.6 Å². The first-order valence-electron chi connectivity index (χ1n) is 6.24. The van der Waals surface area contributed by atoms with Gasteiger partial charge < -0.3 is 19.7 Å². The molecule has 0 unspecified atom stereocenters. The van der Waals surface area contributed by atoms with Crippen molar-refractivity contribution in [3.63, 3.8) is 0 Å². The van der Waals surface area contributed by atoms with E-state index in [9.17, 15) is 4.79 Å². The number of carbonyl (C=O) groups excluding carboxylic acids is 1. The summed E-state index contributed by atoms with van der Waals surface area (Å²) in [6, 6.07) is 3.82. The molecule has 1 fully saturated rings. The van der Waals surface area contributed by atoms with Gasteiger partial charge in [-0.15, -0.1) is 0 Å². The molecule has 1 aromatic rings. The van der Waals surface area contributed by atoms with E-state index in [2.05, 4.69) is 10.3 Å². The molecule has 19 heavy (non-hydrogen) atoms. The predicted molar refractivity (Wildman–Crippen MR) is 70.6 cm³/mol. The molecule has 0 spiro atoms. The highest BCUT2D eigenvalue weighted by atomic mass is 16.7. The number of rotatable bonds is 4. The molecule has 6 nitrogen and oxygen atoms in total. The lowest BCUT2D eigenvalue weighted by atomic mass is 10.1. The van der Waals surface area contributed by atoms with Crippen molar-refractivity contribution in [1.82, 2.24) is 9.88 Å². The third-order valence-corrected chi connectivity index (χ3v) is 3.06. The van der Waals surface area contributed by atoms with E-state index in [0.717, 1.165) is 17.1 Å². The van der Waals surface area contributed by atoms with E-state index in [0.29, 0.717) is 19.8 Å². The van der Waals surface area contributed by atoms with Crippen LogP contribution in [0.4, 0.5) is 5.82 Å². The van der Waals surface area contributed by atoms with Gasteiger partial charge in [-0.3, -0.25) is 4.79 Å². The van der Waals surface area contributed by atoms with Crippen LogP contribution in [0.5, 0.6) is 0 Å². The molecule has 1 aliphatic rings. The van der Waals surface area contributed by atoms with Gasteiger partial charge in [0.05, 0.1) is 13.2 Å². The minimum atomic E-state index is -0.441. The first kappa shape index (κ1) is 13.8. The third kappa shape index (κ3) is 3.21. The first-order valence-corrected chi connectivity index (χ1v) is 6.24. The second kappa shape index (κ2) is 5.99. The normalized spacial score (nSPS) is 15.5. The van der Waals surface area contributed by atoms with Crippen LogP contribution in [-0.2, 0) is 20.8 Å². The summed E-state index contributed by atoms with van der Waals surface area (Å²) in [5.41, 5.74) is 1.67. The van der Waals surface area contributed by atoms with Crippen LogP contribution in [-0.4, -0.2) is 43.1 Å². The Labute approximate surface area is 112 Å². The Balaban J connectivity index is 2.27. The van der Waals surface area contributed by atoms with Crippen LogP contribution in [0.15, 0.2) is 12.1 Å². The van der Waals surface area contributed by atoms with Crippen molar-refractivity contribution in [2.75, 3.05) is 32.6 Å². The average molecular weight is 265 g/mol. The standard InChI is InChI=1S/C13H19N3O3/c1-9(17)16(3)8-10-4-5-11(14-2)15-12(10)13-18-6-7-19-13/h4-5,13H,6-8H2,1-3H3,(H,14,15). The van der Waals surface area contributed by atoms with Crippen molar-refractivity contribution >= 4 is 11.7 Å². The number of anilines is 1. The molecule has 0 aliphatic carbocycles. The molecule has 6 heteroatoms. The summed E-state index contributed by atoms with van der Waals surface area (Å²) in [6.45, 7) is 3.17. The number of nitrogens with zero attached hydrogens (tertiary/aromatic N) is 2. The Morgan fingerprint density at radius 2 is 2.16 bits per heavy atom. The van der Waals surface area contributed by atoms with E-state index in [4.69, 9.17) is 9.47 Å². The van der Waals surface area contributed by atoms with E-state index in [1.807, 2.05) is 19.2 Å². The second-order valence-corrected chi connectivity index (χ2v) is 4.44. The van der Waals surface area contributed by atoms with Gasteiger partial charge in [-0.2, -0.15) is 0 Å². The Bertz CT molecular complexity index is 458. The van der Waals surface area contributed by atoms with Gasteiger partial charge in [-0.25, -0.2) is 4.98 Å². The Morgan fingerprint density at radius 3 is 2.74 bits per heavy atom. The van der Waals surface area contributed by atoms with Crippen LogP contribution in [0, 0.1) is 0 Å². The minimum Gasteiger partial charge on any atom is -0.373 e. The number of pyridine rings is 1. The molecule has 0 radical (unpaired) electrons. The fourth-order valence-corrected chi connectivity index (χ4v) is 1.86. The number of amides is 1. The molecule has 2 rings (SSSR count). The summed E-state index contributed by atoms with van der Waals surface area (Å²) >= 11 is 0. The van der Waals surface area contributed by atoms with Crippen molar-refractivity contribution in [1.29, 1.82) is 0 Å². The predicted octanol–water partition coefficient (Wildman–Crippen LogP) is 1.15. The largest absolute Gasteiger partial charge is 0.373 e. The molecule has 104 valence electrons. The highest BCUT2D eigenvalue weighted by molar-refractivity contribution is 5.72. The zero-order valence-corrected chi connectivity index (χ0v) is 11.5. The molecular formula is C13H19N3O3. The lowest BCUT2D eigenvalue weighted by Gasteiger charge is -2.19. The summed E-state index contributed by atoms with van der Waals surface area (Å²) in [6.07, 6.45) is -0.441. The summed E-state index contributed by atoms with van der Waals surface area (Å²) in [5.74, 6) is 0.764. The Kier molecular flexibility index (Phi) is 4.34. The first-order chi connectivity index (χ1) is 9.11. The number of hydrogen-bond acceptors (Lipinski definition) is 5. The number of ether oxygens (including phenoxy) is 2. The molecule has 0 saturated carbocycles. The number of aromatic nitrogens is 1. The maximum absolute atomic E-state index is 11.3. The molecule has 2 heterocycles. The second-order valence-electron chi connectivity index (χ2n) is 4.44. The van der Waals surface area contributed by atoms with Gasteiger partial charge >= 0.3 is 0 Å². The smallest absolute Gasteiger partial charge is 0.219 e.